The van der Waals surface area contributed by atoms with Crippen LogP contribution in [0.25, 0.3) is 10.8 Å². The predicted molar refractivity (Wildman–Crippen MR) is 80.0 cm³/mol. The molecule has 4 heteroatoms. The van der Waals surface area contributed by atoms with Gasteiger partial charge in [-0.15, -0.1) is 0 Å². The fourth-order valence-electron chi connectivity index (χ4n) is 1.87. The monoisotopic (exact) mass is 284 g/mol. The highest BCUT2D eigenvalue weighted by Crippen LogP contribution is 2.16. The molecule has 0 fully saturated rings. The molecule has 2 rings (SSSR count). The van der Waals surface area contributed by atoms with E-state index in [1.165, 1.54) is 0 Å². The van der Waals surface area contributed by atoms with Crippen LogP contribution in [0.4, 0.5) is 0 Å². The van der Waals surface area contributed by atoms with E-state index in [1.54, 1.807) is 19.1 Å². The molecular formula is C17H16O4. The van der Waals surface area contributed by atoms with Crippen molar-refractivity contribution in [2.75, 3.05) is 6.61 Å². The molecule has 0 aliphatic carbocycles. The lowest BCUT2D eigenvalue weighted by atomic mass is 10.1. The van der Waals surface area contributed by atoms with Gasteiger partial charge in [0.05, 0.1) is 5.56 Å². The SMILES string of the molecule is C=CC(=O)OC(C)COC(=O)c1ccc2ccccc2c1. The second-order valence-electron chi connectivity index (χ2n) is 4.61. The Morgan fingerprint density at radius 2 is 1.90 bits per heavy atom. The minimum atomic E-state index is -0.538. The molecule has 0 aliphatic rings. The van der Waals surface area contributed by atoms with E-state index >= 15 is 0 Å². The molecule has 0 bridgehead atoms. The largest absolute Gasteiger partial charge is 0.458 e. The lowest BCUT2D eigenvalue weighted by Crippen LogP contribution is -2.21. The maximum Gasteiger partial charge on any atom is 0.338 e. The molecule has 1 atom stereocenters. The molecule has 0 aliphatic heterocycles. The maximum absolute atomic E-state index is 12.0. The van der Waals surface area contributed by atoms with Gasteiger partial charge in [-0.3, -0.25) is 0 Å². The topological polar surface area (TPSA) is 52.6 Å². The molecule has 2 aromatic rings. The summed E-state index contributed by atoms with van der Waals surface area (Å²) in [5, 5.41) is 2.03. The summed E-state index contributed by atoms with van der Waals surface area (Å²) in [6, 6.07) is 13.1. The van der Waals surface area contributed by atoms with Crippen molar-refractivity contribution >= 4 is 22.7 Å². The summed E-state index contributed by atoms with van der Waals surface area (Å²) in [5.41, 5.74) is 0.468. The number of carbonyl (C=O) groups excluding carboxylic acids is 2. The van der Waals surface area contributed by atoms with Crippen LogP contribution >= 0.6 is 0 Å². The summed E-state index contributed by atoms with van der Waals surface area (Å²) in [5.74, 6) is -0.980. The van der Waals surface area contributed by atoms with Crippen LogP contribution in [-0.4, -0.2) is 24.6 Å². The van der Waals surface area contributed by atoms with Gasteiger partial charge < -0.3 is 9.47 Å². The number of hydrogen-bond acceptors (Lipinski definition) is 4. The average Bonchev–Trinajstić information content (AvgIpc) is 2.51. The Labute approximate surface area is 123 Å². The zero-order valence-electron chi connectivity index (χ0n) is 11.7. The van der Waals surface area contributed by atoms with Crippen LogP contribution in [0.3, 0.4) is 0 Å². The van der Waals surface area contributed by atoms with Gasteiger partial charge in [0, 0.05) is 6.08 Å². The summed E-state index contributed by atoms with van der Waals surface area (Å²) >= 11 is 0. The van der Waals surface area contributed by atoms with Crippen molar-refractivity contribution in [2.45, 2.75) is 13.0 Å². The van der Waals surface area contributed by atoms with Crippen LogP contribution < -0.4 is 0 Å². The normalized spacial score (nSPS) is 11.7. The summed E-state index contributed by atoms with van der Waals surface area (Å²) in [4.78, 5) is 23.0. The quantitative estimate of drug-likeness (QED) is 0.625. The first-order valence-corrected chi connectivity index (χ1v) is 6.59. The first kappa shape index (κ1) is 14.8. The van der Waals surface area contributed by atoms with E-state index in [0.717, 1.165) is 16.8 Å². The van der Waals surface area contributed by atoms with Crippen molar-refractivity contribution in [1.29, 1.82) is 0 Å². The number of fused-ring (bicyclic) bond motifs is 1. The molecule has 0 heterocycles. The second kappa shape index (κ2) is 6.70. The van der Waals surface area contributed by atoms with Crippen LogP contribution in [0.2, 0.25) is 0 Å². The summed E-state index contributed by atoms with van der Waals surface area (Å²) < 4.78 is 10.1. The fourth-order valence-corrected chi connectivity index (χ4v) is 1.87. The number of hydrogen-bond donors (Lipinski definition) is 0. The Morgan fingerprint density at radius 3 is 2.62 bits per heavy atom. The number of esters is 2. The van der Waals surface area contributed by atoms with Crippen molar-refractivity contribution in [3.63, 3.8) is 0 Å². The second-order valence-corrected chi connectivity index (χ2v) is 4.61. The standard InChI is InChI=1S/C17H16O4/c1-3-16(18)21-12(2)11-20-17(19)15-9-8-13-6-4-5-7-14(13)10-15/h3-10,12H,1,11H2,2H3. The van der Waals surface area contributed by atoms with Crippen molar-refractivity contribution in [3.05, 3.63) is 60.7 Å². The molecule has 0 radical (unpaired) electrons. The van der Waals surface area contributed by atoms with E-state index in [2.05, 4.69) is 6.58 Å². The fraction of sp³-hybridized carbons (Fsp3) is 0.176. The molecule has 0 amide bonds. The minimum absolute atomic E-state index is 0.00520. The maximum atomic E-state index is 12.0. The Kier molecular flexibility index (Phi) is 4.72. The molecule has 0 aromatic heterocycles. The van der Waals surface area contributed by atoms with Gasteiger partial charge in [-0.05, 0) is 29.8 Å². The van der Waals surface area contributed by atoms with Crippen LogP contribution in [0.15, 0.2) is 55.1 Å². The first-order valence-electron chi connectivity index (χ1n) is 6.59. The molecule has 21 heavy (non-hydrogen) atoms. The molecule has 2 aromatic carbocycles. The highest BCUT2D eigenvalue weighted by molar-refractivity contribution is 5.95. The Balaban J connectivity index is 1.98. The van der Waals surface area contributed by atoms with Gasteiger partial charge >= 0.3 is 11.9 Å². The van der Waals surface area contributed by atoms with E-state index < -0.39 is 18.0 Å². The molecule has 0 saturated carbocycles. The van der Waals surface area contributed by atoms with Gasteiger partial charge in [0.15, 0.2) is 0 Å². The van der Waals surface area contributed by atoms with E-state index in [1.807, 2.05) is 30.3 Å². The summed E-state index contributed by atoms with van der Waals surface area (Å²) in [6.07, 6.45) is 0.557. The van der Waals surface area contributed by atoms with E-state index in [4.69, 9.17) is 9.47 Å². The van der Waals surface area contributed by atoms with Crippen LogP contribution in [0.1, 0.15) is 17.3 Å². The van der Waals surface area contributed by atoms with Gasteiger partial charge in [-0.2, -0.15) is 0 Å². The van der Waals surface area contributed by atoms with Crippen LogP contribution in [-0.2, 0) is 14.3 Å². The van der Waals surface area contributed by atoms with Crippen molar-refractivity contribution in [1.82, 2.24) is 0 Å². The molecule has 108 valence electrons. The highest BCUT2D eigenvalue weighted by Gasteiger charge is 2.12. The van der Waals surface area contributed by atoms with Crippen LogP contribution in [0.5, 0.6) is 0 Å². The Morgan fingerprint density at radius 1 is 1.19 bits per heavy atom. The smallest absolute Gasteiger partial charge is 0.338 e. The third-order valence-electron chi connectivity index (χ3n) is 2.92. The van der Waals surface area contributed by atoms with Gasteiger partial charge in [-0.1, -0.05) is 36.9 Å². The van der Waals surface area contributed by atoms with Gasteiger partial charge in [0.2, 0.25) is 0 Å². The van der Waals surface area contributed by atoms with Gasteiger partial charge in [0.1, 0.15) is 12.7 Å². The lowest BCUT2D eigenvalue weighted by Gasteiger charge is -2.12. The third kappa shape index (κ3) is 3.92. The zero-order chi connectivity index (χ0) is 15.2. The number of carbonyl (C=O) groups is 2. The summed E-state index contributed by atoms with van der Waals surface area (Å²) in [7, 11) is 0. The summed E-state index contributed by atoms with van der Waals surface area (Å²) in [6.45, 7) is 4.96. The van der Waals surface area contributed by atoms with E-state index in [-0.39, 0.29) is 6.61 Å². The Bertz CT molecular complexity index is 675. The minimum Gasteiger partial charge on any atom is -0.458 e. The van der Waals surface area contributed by atoms with Gasteiger partial charge in [0.25, 0.3) is 0 Å². The lowest BCUT2D eigenvalue weighted by molar-refractivity contribution is -0.144. The van der Waals surface area contributed by atoms with E-state index in [0.29, 0.717) is 5.56 Å². The highest BCUT2D eigenvalue weighted by atomic mass is 16.6. The number of benzene rings is 2. The molecule has 1 unspecified atom stereocenters. The average molecular weight is 284 g/mol. The first-order chi connectivity index (χ1) is 10.1. The number of rotatable bonds is 5. The van der Waals surface area contributed by atoms with Crippen molar-refractivity contribution in [3.8, 4) is 0 Å². The Hall–Kier alpha value is -2.62. The molecule has 4 nitrogen and oxygen atoms in total. The van der Waals surface area contributed by atoms with E-state index in [9.17, 15) is 9.59 Å². The molecule has 0 saturated heterocycles. The predicted octanol–water partition coefficient (Wildman–Crippen LogP) is 3.11. The molecule has 0 spiro atoms. The zero-order valence-corrected chi connectivity index (χ0v) is 11.7. The third-order valence-corrected chi connectivity index (χ3v) is 2.92. The van der Waals surface area contributed by atoms with Crippen LogP contribution in [0, 0.1) is 0 Å². The van der Waals surface area contributed by atoms with Crippen molar-refractivity contribution < 1.29 is 19.1 Å². The molecular weight excluding hydrogens is 268 g/mol. The van der Waals surface area contributed by atoms with Gasteiger partial charge in [-0.25, -0.2) is 9.59 Å². The molecule has 0 N–H and O–H groups in total. The number of ether oxygens (including phenoxy) is 2. The van der Waals surface area contributed by atoms with Crippen molar-refractivity contribution in [2.24, 2.45) is 0 Å².